The Labute approximate surface area is 54.2 Å². The summed E-state index contributed by atoms with van der Waals surface area (Å²) in [6.45, 7) is 5.99. The van der Waals surface area contributed by atoms with Gasteiger partial charge in [-0.3, -0.25) is 0 Å². The molecular weight excluding hydrogens is 116 g/mol. The third kappa shape index (κ3) is 1.10. The van der Waals surface area contributed by atoms with E-state index in [0.29, 0.717) is 5.92 Å². The summed E-state index contributed by atoms with van der Waals surface area (Å²) in [6, 6.07) is 4.17. The van der Waals surface area contributed by atoms with E-state index in [2.05, 4.69) is 31.4 Å². The molecule has 0 saturated heterocycles. The average Bonchev–Trinajstić information content (AvgIpc) is 2.12. The smallest absolute Gasteiger partial charge is 0.00734 e. The second-order valence-corrected chi connectivity index (χ2v) is 2.90. The quantitative estimate of drug-likeness (QED) is 0.541. The van der Waals surface area contributed by atoms with Crippen molar-refractivity contribution in [1.82, 2.24) is 0 Å². The van der Waals surface area contributed by atoms with Gasteiger partial charge >= 0.3 is 0 Å². The molecule has 1 rings (SSSR count). The van der Waals surface area contributed by atoms with Crippen molar-refractivity contribution in [2.75, 3.05) is 0 Å². The van der Waals surface area contributed by atoms with E-state index in [4.69, 9.17) is 0 Å². The van der Waals surface area contributed by atoms with E-state index in [1.54, 1.807) is 11.3 Å². The monoisotopic (exact) mass is 125 g/mol. The maximum Gasteiger partial charge on any atom is 0.00734 e. The molecule has 0 aliphatic heterocycles. The van der Waals surface area contributed by atoms with Gasteiger partial charge in [0.15, 0.2) is 0 Å². The van der Waals surface area contributed by atoms with Crippen molar-refractivity contribution >= 4 is 11.3 Å². The van der Waals surface area contributed by atoms with Crippen LogP contribution in [0.3, 0.4) is 0 Å². The van der Waals surface area contributed by atoms with Crippen LogP contribution in [0.5, 0.6) is 0 Å². The van der Waals surface area contributed by atoms with Crippen LogP contribution < -0.4 is 0 Å². The van der Waals surface area contributed by atoms with Gasteiger partial charge < -0.3 is 0 Å². The lowest BCUT2D eigenvalue weighted by atomic mass is 10.2. The topological polar surface area (TPSA) is 0 Å². The van der Waals surface area contributed by atoms with Crippen molar-refractivity contribution < 1.29 is 0 Å². The van der Waals surface area contributed by atoms with E-state index in [-0.39, 0.29) is 0 Å². The fourth-order valence-corrected chi connectivity index (χ4v) is 1.28. The summed E-state index contributed by atoms with van der Waals surface area (Å²) in [5, 5.41) is 2.08. The Morgan fingerprint density at radius 3 is 2.75 bits per heavy atom. The molecular formula is C7H9S. The third-order valence-electron chi connectivity index (χ3n) is 1.03. The molecule has 1 aromatic rings. The predicted octanol–water partition coefficient (Wildman–Crippen LogP) is 2.69. The third-order valence-corrected chi connectivity index (χ3v) is 2.13. The van der Waals surface area contributed by atoms with Crippen molar-refractivity contribution in [2.45, 2.75) is 12.8 Å². The van der Waals surface area contributed by atoms with Gasteiger partial charge in [0.05, 0.1) is 0 Å². The summed E-state index contributed by atoms with van der Waals surface area (Å²) in [5.41, 5.74) is 0. The van der Waals surface area contributed by atoms with Gasteiger partial charge in [-0.15, -0.1) is 11.3 Å². The molecule has 0 saturated carbocycles. The Morgan fingerprint density at radius 1 is 1.75 bits per heavy atom. The molecule has 0 aromatic carbocycles. The van der Waals surface area contributed by atoms with Gasteiger partial charge in [-0.1, -0.05) is 13.0 Å². The van der Waals surface area contributed by atoms with Crippen LogP contribution in [0.4, 0.5) is 0 Å². The minimum atomic E-state index is 0.454. The highest BCUT2D eigenvalue weighted by atomic mass is 32.1. The molecule has 0 nitrogen and oxygen atoms in total. The van der Waals surface area contributed by atoms with Gasteiger partial charge in [-0.25, -0.2) is 0 Å². The predicted molar refractivity (Wildman–Crippen MR) is 38.1 cm³/mol. The number of hydrogen-bond acceptors (Lipinski definition) is 1. The van der Waals surface area contributed by atoms with Crippen LogP contribution in [-0.2, 0) is 0 Å². The zero-order valence-corrected chi connectivity index (χ0v) is 5.74. The molecule has 0 spiro atoms. The fourth-order valence-electron chi connectivity index (χ4n) is 0.572. The molecule has 1 aromatic heterocycles. The van der Waals surface area contributed by atoms with E-state index < -0.39 is 0 Å². The molecule has 0 bridgehead atoms. The van der Waals surface area contributed by atoms with Gasteiger partial charge in [-0.05, 0) is 24.3 Å². The fraction of sp³-hybridized carbons (Fsp3) is 0.286. The molecule has 1 heteroatoms. The molecule has 1 unspecified atom stereocenters. The van der Waals surface area contributed by atoms with E-state index in [9.17, 15) is 0 Å². The summed E-state index contributed by atoms with van der Waals surface area (Å²) >= 11 is 1.77. The largest absolute Gasteiger partial charge is 0.149 e. The molecule has 8 heavy (non-hydrogen) atoms. The van der Waals surface area contributed by atoms with Crippen molar-refractivity contribution in [3.05, 3.63) is 29.3 Å². The van der Waals surface area contributed by atoms with Crippen LogP contribution in [0.25, 0.3) is 0 Å². The first-order valence-electron chi connectivity index (χ1n) is 2.67. The second-order valence-electron chi connectivity index (χ2n) is 1.92. The summed E-state index contributed by atoms with van der Waals surface area (Å²) in [6.07, 6.45) is 0. The van der Waals surface area contributed by atoms with Gasteiger partial charge in [0.1, 0.15) is 0 Å². The standard InChI is InChI=1S/C7H9S/c1-6(2)7-4-3-5-8-7/h3-6H,1H2,2H3. The SMILES string of the molecule is [CH2]C(C)c1cccs1. The lowest BCUT2D eigenvalue weighted by molar-refractivity contribution is 0.994. The van der Waals surface area contributed by atoms with Crippen LogP contribution in [0.2, 0.25) is 0 Å². The molecule has 1 heterocycles. The highest BCUT2D eigenvalue weighted by Gasteiger charge is 1.95. The van der Waals surface area contributed by atoms with Gasteiger partial charge in [0, 0.05) is 4.88 Å². The minimum Gasteiger partial charge on any atom is -0.149 e. The first kappa shape index (κ1) is 5.83. The van der Waals surface area contributed by atoms with Crippen LogP contribution in [0.15, 0.2) is 17.5 Å². The van der Waals surface area contributed by atoms with Crippen molar-refractivity contribution in [1.29, 1.82) is 0 Å². The summed E-state index contributed by atoms with van der Waals surface area (Å²) in [7, 11) is 0. The Morgan fingerprint density at radius 2 is 2.50 bits per heavy atom. The van der Waals surface area contributed by atoms with Crippen LogP contribution >= 0.6 is 11.3 Å². The Balaban J connectivity index is 2.77. The summed E-state index contributed by atoms with van der Waals surface area (Å²) in [4.78, 5) is 1.37. The maximum absolute atomic E-state index is 3.89. The Hall–Kier alpha value is -0.300. The zero-order valence-electron chi connectivity index (χ0n) is 4.92. The highest BCUT2D eigenvalue weighted by molar-refractivity contribution is 7.10. The summed E-state index contributed by atoms with van der Waals surface area (Å²) < 4.78 is 0. The van der Waals surface area contributed by atoms with Crippen LogP contribution in [0, 0.1) is 6.92 Å². The minimum absolute atomic E-state index is 0.454. The highest BCUT2D eigenvalue weighted by Crippen LogP contribution is 2.18. The van der Waals surface area contributed by atoms with Gasteiger partial charge in [0.2, 0.25) is 0 Å². The molecule has 0 aliphatic rings. The Bertz CT molecular complexity index is 139. The first-order valence-corrected chi connectivity index (χ1v) is 3.55. The lowest BCUT2D eigenvalue weighted by Crippen LogP contribution is -1.77. The van der Waals surface area contributed by atoms with Crippen molar-refractivity contribution in [3.63, 3.8) is 0 Å². The number of rotatable bonds is 1. The number of thiophene rings is 1. The maximum atomic E-state index is 3.89. The van der Waals surface area contributed by atoms with Crippen molar-refractivity contribution in [2.24, 2.45) is 0 Å². The van der Waals surface area contributed by atoms with Crippen LogP contribution in [0.1, 0.15) is 17.7 Å². The van der Waals surface area contributed by atoms with E-state index >= 15 is 0 Å². The normalized spacial score (nSPS) is 10.4. The van der Waals surface area contributed by atoms with E-state index in [1.165, 1.54) is 4.88 Å². The number of hydrogen-bond donors (Lipinski definition) is 0. The average molecular weight is 125 g/mol. The Kier molecular flexibility index (Phi) is 1.69. The molecule has 0 aliphatic carbocycles. The van der Waals surface area contributed by atoms with Crippen molar-refractivity contribution in [3.8, 4) is 0 Å². The van der Waals surface area contributed by atoms with Gasteiger partial charge in [-0.2, -0.15) is 0 Å². The lowest BCUT2D eigenvalue weighted by Gasteiger charge is -1.95. The molecule has 1 radical (unpaired) electrons. The molecule has 0 amide bonds. The molecule has 0 fully saturated rings. The van der Waals surface area contributed by atoms with Crippen LogP contribution in [-0.4, -0.2) is 0 Å². The van der Waals surface area contributed by atoms with E-state index in [1.807, 2.05) is 0 Å². The molecule has 1 atom stereocenters. The second kappa shape index (κ2) is 2.31. The van der Waals surface area contributed by atoms with E-state index in [0.717, 1.165) is 0 Å². The van der Waals surface area contributed by atoms with Gasteiger partial charge in [0.25, 0.3) is 0 Å². The molecule has 43 valence electrons. The summed E-state index contributed by atoms with van der Waals surface area (Å²) in [5.74, 6) is 0.454. The first-order chi connectivity index (χ1) is 3.80. The molecule has 0 N–H and O–H groups in total. The zero-order chi connectivity index (χ0) is 5.98.